The molecule has 10 heteroatoms. The number of hydrogen-bond acceptors (Lipinski definition) is 8. The van der Waals surface area contributed by atoms with Gasteiger partial charge in [0, 0.05) is 11.1 Å². The molecule has 1 saturated heterocycles. The lowest BCUT2D eigenvalue weighted by molar-refractivity contribution is -0.143. The second-order valence-electron chi connectivity index (χ2n) is 7.85. The molecular formula is C27H24N2O7S. The van der Waals surface area contributed by atoms with Gasteiger partial charge >= 0.3 is 5.97 Å². The summed E-state index contributed by atoms with van der Waals surface area (Å²) in [6.45, 7) is 1.46. The highest BCUT2D eigenvalue weighted by Gasteiger charge is 2.36. The van der Waals surface area contributed by atoms with Crippen molar-refractivity contribution in [2.45, 2.75) is 6.92 Å². The van der Waals surface area contributed by atoms with Crippen molar-refractivity contribution in [2.24, 2.45) is 0 Å². The summed E-state index contributed by atoms with van der Waals surface area (Å²) in [4.78, 5) is 50.7. The van der Waals surface area contributed by atoms with Crippen molar-refractivity contribution in [3.63, 3.8) is 0 Å². The third kappa shape index (κ3) is 6.10. The van der Waals surface area contributed by atoms with Crippen LogP contribution in [0, 0.1) is 0 Å². The lowest BCUT2D eigenvalue weighted by Gasteiger charge is -2.14. The molecule has 0 bridgehead atoms. The summed E-state index contributed by atoms with van der Waals surface area (Å²) in [5.74, 6) is -0.876. The number of fused-ring (bicyclic) bond motifs is 1. The predicted molar refractivity (Wildman–Crippen MR) is 140 cm³/mol. The van der Waals surface area contributed by atoms with E-state index in [4.69, 9.17) is 9.47 Å². The summed E-state index contributed by atoms with van der Waals surface area (Å²) in [6, 6.07) is 18.0. The van der Waals surface area contributed by atoms with Crippen LogP contribution in [0.15, 0.2) is 65.6 Å². The number of anilines is 1. The molecule has 0 unspecified atom stereocenters. The number of carbonyl (C=O) groups excluding carboxylic acids is 4. The van der Waals surface area contributed by atoms with Crippen molar-refractivity contribution in [3.05, 3.63) is 71.1 Å². The molecule has 0 atom stereocenters. The second kappa shape index (κ2) is 11.6. The zero-order chi connectivity index (χ0) is 26.4. The van der Waals surface area contributed by atoms with Crippen LogP contribution in [-0.4, -0.2) is 54.8 Å². The first kappa shape index (κ1) is 25.8. The molecule has 1 fully saturated rings. The molecule has 0 aliphatic carbocycles. The van der Waals surface area contributed by atoms with Crippen molar-refractivity contribution in [1.29, 1.82) is 0 Å². The Morgan fingerprint density at radius 2 is 1.78 bits per heavy atom. The Bertz CT molecular complexity index is 1400. The first-order valence-corrected chi connectivity index (χ1v) is 12.2. The van der Waals surface area contributed by atoms with E-state index in [1.807, 2.05) is 36.4 Å². The van der Waals surface area contributed by atoms with Gasteiger partial charge in [-0.05, 0) is 53.9 Å². The van der Waals surface area contributed by atoms with Gasteiger partial charge < -0.3 is 19.5 Å². The Labute approximate surface area is 217 Å². The molecule has 3 amide bonds. The molecule has 3 aromatic rings. The number of thioether (sulfide) groups is 1. The number of carbonyl (C=O) groups is 4. The zero-order valence-electron chi connectivity index (χ0n) is 20.2. The molecule has 3 aromatic carbocycles. The van der Waals surface area contributed by atoms with Crippen molar-refractivity contribution in [1.82, 2.24) is 4.90 Å². The van der Waals surface area contributed by atoms with E-state index in [0.29, 0.717) is 29.4 Å². The van der Waals surface area contributed by atoms with Gasteiger partial charge in [-0.2, -0.15) is 0 Å². The summed E-state index contributed by atoms with van der Waals surface area (Å²) in [7, 11) is 1.26. The van der Waals surface area contributed by atoms with Crippen LogP contribution in [0.4, 0.5) is 10.5 Å². The number of rotatable bonds is 9. The maximum absolute atomic E-state index is 12.9. The third-order valence-electron chi connectivity index (χ3n) is 5.38. The van der Waals surface area contributed by atoms with Crippen LogP contribution in [0.1, 0.15) is 12.5 Å². The fraction of sp³-hybridized carbons (Fsp3) is 0.185. The second-order valence-corrected chi connectivity index (χ2v) is 8.84. The molecule has 0 saturated carbocycles. The van der Waals surface area contributed by atoms with Crippen LogP contribution in [0.5, 0.6) is 11.5 Å². The van der Waals surface area contributed by atoms with E-state index < -0.39 is 29.6 Å². The van der Waals surface area contributed by atoms with E-state index in [-0.39, 0.29) is 11.5 Å². The van der Waals surface area contributed by atoms with Crippen molar-refractivity contribution in [3.8, 4) is 11.5 Å². The van der Waals surface area contributed by atoms with Crippen LogP contribution in [0.25, 0.3) is 16.8 Å². The van der Waals surface area contributed by atoms with Gasteiger partial charge in [-0.3, -0.25) is 19.3 Å². The Morgan fingerprint density at radius 1 is 1.00 bits per heavy atom. The molecule has 0 spiro atoms. The van der Waals surface area contributed by atoms with E-state index in [0.717, 1.165) is 27.4 Å². The van der Waals surface area contributed by atoms with Crippen molar-refractivity contribution in [2.75, 3.05) is 32.2 Å². The summed E-state index contributed by atoms with van der Waals surface area (Å²) in [5, 5.41) is 4.08. The average molecular weight is 521 g/mol. The Morgan fingerprint density at radius 3 is 2.57 bits per heavy atom. The number of nitrogens with zero attached hydrogens (tertiary/aromatic N) is 1. The van der Waals surface area contributed by atoms with E-state index in [1.54, 1.807) is 37.3 Å². The van der Waals surface area contributed by atoms with Crippen LogP contribution in [-0.2, 0) is 19.1 Å². The summed E-state index contributed by atoms with van der Waals surface area (Å²) in [6.07, 6.45) is 1.54. The molecule has 4 rings (SSSR count). The standard InChI is InChI=1S/C27H24N2O7S/c1-3-35-22-13-17(11-12-21(22)36-16-25(31)34-2)14-23-26(32)29(27(33)37-23)15-24(30)28-20-10-6-8-18-7-4-5-9-19(18)20/h4-14H,3,15-16H2,1-2H3,(H,28,30)/b23-14+. The van der Waals surface area contributed by atoms with Crippen LogP contribution >= 0.6 is 11.8 Å². The number of imide groups is 1. The summed E-state index contributed by atoms with van der Waals surface area (Å²) >= 11 is 0.753. The Kier molecular flexibility index (Phi) is 8.09. The molecule has 0 radical (unpaired) electrons. The van der Waals surface area contributed by atoms with Gasteiger partial charge in [-0.25, -0.2) is 4.79 Å². The number of hydrogen-bond donors (Lipinski definition) is 1. The molecule has 1 aliphatic rings. The van der Waals surface area contributed by atoms with E-state index in [1.165, 1.54) is 7.11 Å². The average Bonchev–Trinajstić information content (AvgIpc) is 3.15. The normalized spacial score (nSPS) is 14.2. The van der Waals surface area contributed by atoms with Gasteiger partial charge in [0.1, 0.15) is 6.54 Å². The minimum atomic E-state index is -0.563. The lowest BCUT2D eigenvalue weighted by Crippen LogP contribution is -2.36. The molecule has 190 valence electrons. The minimum Gasteiger partial charge on any atom is -0.490 e. The fourth-order valence-corrected chi connectivity index (χ4v) is 4.49. The Hall–Kier alpha value is -4.31. The molecule has 9 nitrogen and oxygen atoms in total. The quantitative estimate of drug-likeness (QED) is 0.325. The molecule has 0 aromatic heterocycles. The van der Waals surface area contributed by atoms with Gasteiger partial charge in [0.15, 0.2) is 18.1 Å². The highest BCUT2D eigenvalue weighted by atomic mass is 32.2. The molecule has 1 aliphatic heterocycles. The summed E-state index contributed by atoms with van der Waals surface area (Å²) in [5.41, 5.74) is 1.18. The minimum absolute atomic E-state index is 0.175. The smallest absolute Gasteiger partial charge is 0.343 e. The molecular weight excluding hydrogens is 496 g/mol. The van der Waals surface area contributed by atoms with E-state index in [2.05, 4.69) is 10.1 Å². The number of amides is 3. The van der Waals surface area contributed by atoms with Gasteiger partial charge in [0.2, 0.25) is 5.91 Å². The number of methoxy groups -OCH3 is 1. The van der Waals surface area contributed by atoms with Gasteiger partial charge in [-0.1, -0.05) is 42.5 Å². The van der Waals surface area contributed by atoms with Gasteiger partial charge in [0.05, 0.1) is 18.6 Å². The lowest BCUT2D eigenvalue weighted by atomic mass is 10.1. The topological polar surface area (TPSA) is 111 Å². The van der Waals surface area contributed by atoms with Gasteiger partial charge in [-0.15, -0.1) is 0 Å². The fourth-order valence-electron chi connectivity index (χ4n) is 3.65. The maximum Gasteiger partial charge on any atom is 0.343 e. The monoisotopic (exact) mass is 520 g/mol. The first-order valence-electron chi connectivity index (χ1n) is 11.4. The number of esters is 1. The van der Waals surface area contributed by atoms with E-state index >= 15 is 0 Å². The van der Waals surface area contributed by atoms with Crippen LogP contribution < -0.4 is 14.8 Å². The molecule has 37 heavy (non-hydrogen) atoms. The highest BCUT2D eigenvalue weighted by molar-refractivity contribution is 8.18. The van der Waals surface area contributed by atoms with Crippen LogP contribution in [0.2, 0.25) is 0 Å². The first-order chi connectivity index (χ1) is 17.9. The van der Waals surface area contributed by atoms with Crippen LogP contribution in [0.3, 0.4) is 0 Å². The molecule has 1 heterocycles. The van der Waals surface area contributed by atoms with Crippen molar-refractivity contribution >= 4 is 57.3 Å². The number of benzene rings is 3. The van der Waals surface area contributed by atoms with Gasteiger partial charge in [0.25, 0.3) is 11.1 Å². The number of nitrogens with one attached hydrogen (secondary N) is 1. The maximum atomic E-state index is 12.9. The SMILES string of the molecule is CCOc1cc(/C=C2/SC(=O)N(CC(=O)Nc3cccc4ccccc34)C2=O)ccc1OCC(=O)OC. The third-order valence-corrected chi connectivity index (χ3v) is 6.28. The zero-order valence-corrected chi connectivity index (χ0v) is 21.0. The van der Waals surface area contributed by atoms with Crippen molar-refractivity contribution < 1.29 is 33.4 Å². The largest absolute Gasteiger partial charge is 0.490 e. The Balaban J connectivity index is 1.47. The number of ether oxygens (including phenoxy) is 3. The highest BCUT2D eigenvalue weighted by Crippen LogP contribution is 2.35. The van der Waals surface area contributed by atoms with E-state index in [9.17, 15) is 19.2 Å². The predicted octanol–water partition coefficient (Wildman–Crippen LogP) is 4.47. The molecule has 1 N–H and O–H groups in total. The summed E-state index contributed by atoms with van der Waals surface area (Å²) < 4.78 is 15.6.